The van der Waals surface area contributed by atoms with Gasteiger partial charge in [-0.1, -0.05) is 6.07 Å². The molecule has 1 atom stereocenters. The molecule has 0 amide bonds. The lowest BCUT2D eigenvalue weighted by Crippen LogP contribution is -2.32. The van der Waals surface area contributed by atoms with Gasteiger partial charge in [0.2, 0.25) is 0 Å². The van der Waals surface area contributed by atoms with Gasteiger partial charge in [-0.25, -0.2) is 8.78 Å². The van der Waals surface area contributed by atoms with E-state index in [-0.39, 0.29) is 11.6 Å². The number of hydrogen-bond acceptors (Lipinski definition) is 2. The lowest BCUT2D eigenvalue weighted by molar-refractivity contribution is 0.0119. The number of rotatable bonds is 7. The molecule has 1 N–H and O–H groups in total. The monoisotopic (exact) mass is 271 g/mol. The predicted molar refractivity (Wildman–Crippen MR) is 73.2 cm³/mol. The van der Waals surface area contributed by atoms with Crippen LogP contribution in [0.5, 0.6) is 0 Å². The van der Waals surface area contributed by atoms with E-state index < -0.39 is 11.6 Å². The summed E-state index contributed by atoms with van der Waals surface area (Å²) in [5, 5.41) is 3.21. The highest BCUT2D eigenvalue weighted by molar-refractivity contribution is 5.18. The van der Waals surface area contributed by atoms with Gasteiger partial charge in [0.15, 0.2) is 11.6 Å². The van der Waals surface area contributed by atoms with Crippen molar-refractivity contribution in [3.05, 3.63) is 35.4 Å². The van der Waals surface area contributed by atoms with E-state index in [1.54, 1.807) is 13.2 Å². The number of ether oxygens (including phenoxy) is 1. The van der Waals surface area contributed by atoms with Gasteiger partial charge < -0.3 is 10.1 Å². The van der Waals surface area contributed by atoms with Crippen molar-refractivity contribution in [2.24, 2.45) is 0 Å². The maximum Gasteiger partial charge on any atom is 0.159 e. The Morgan fingerprint density at radius 2 is 1.95 bits per heavy atom. The average Bonchev–Trinajstić information content (AvgIpc) is 2.38. The van der Waals surface area contributed by atoms with E-state index in [0.717, 1.165) is 18.4 Å². The molecular formula is C15H23F2NO. The number of halogens is 2. The minimum absolute atomic E-state index is 0.164. The summed E-state index contributed by atoms with van der Waals surface area (Å²) in [5.74, 6) is -1.59. The van der Waals surface area contributed by atoms with Crippen LogP contribution in [0, 0.1) is 11.6 Å². The van der Waals surface area contributed by atoms with Crippen molar-refractivity contribution in [3.8, 4) is 0 Å². The van der Waals surface area contributed by atoms with Crippen LogP contribution in [0.15, 0.2) is 18.2 Å². The van der Waals surface area contributed by atoms with Crippen LogP contribution >= 0.6 is 0 Å². The first-order valence-electron chi connectivity index (χ1n) is 6.54. The zero-order valence-corrected chi connectivity index (χ0v) is 12.1. The van der Waals surface area contributed by atoms with Crippen LogP contribution in [-0.4, -0.2) is 25.8 Å². The highest BCUT2D eigenvalue weighted by atomic mass is 19.2. The van der Waals surface area contributed by atoms with Crippen LogP contribution in [0.1, 0.15) is 32.3 Å². The van der Waals surface area contributed by atoms with Gasteiger partial charge in [0.25, 0.3) is 0 Å². The number of nitrogens with one attached hydrogen (secondary N) is 1. The summed E-state index contributed by atoms with van der Waals surface area (Å²) in [6.45, 7) is 4.08. The molecule has 1 aromatic rings. The Morgan fingerprint density at radius 1 is 1.26 bits per heavy atom. The van der Waals surface area contributed by atoms with E-state index >= 15 is 0 Å². The lowest BCUT2D eigenvalue weighted by atomic mass is 9.95. The molecule has 0 aromatic heterocycles. The Morgan fingerprint density at radius 3 is 2.47 bits per heavy atom. The van der Waals surface area contributed by atoms with Crippen LogP contribution in [-0.2, 0) is 11.2 Å². The molecule has 0 aliphatic heterocycles. The summed E-state index contributed by atoms with van der Waals surface area (Å²) in [5.41, 5.74) is 0.636. The topological polar surface area (TPSA) is 21.3 Å². The standard InChI is InChI=1S/C15H23F2NO/c1-15(2,19-4)8-7-12(18-3)9-11-5-6-13(16)14(17)10-11/h5-6,10,12,18H,7-9H2,1-4H3. The first kappa shape index (κ1) is 16.1. The van der Waals surface area contributed by atoms with E-state index in [9.17, 15) is 8.78 Å². The molecule has 0 spiro atoms. The van der Waals surface area contributed by atoms with Crippen molar-refractivity contribution >= 4 is 0 Å². The molecular weight excluding hydrogens is 248 g/mol. The van der Waals surface area contributed by atoms with Gasteiger partial charge in [0.1, 0.15) is 0 Å². The van der Waals surface area contributed by atoms with Crippen LogP contribution in [0.3, 0.4) is 0 Å². The summed E-state index contributed by atoms with van der Waals surface area (Å²) < 4.78 is 31.4. The first-order valence-corrected chi connectivity index (χ1v) is 6.54. The third-order valence-corrected chi connectivity index (χ3v) is 3.52. The fourth-order valence-electron chi connectivity index (χ4n) is 1.92. The van der Waals surface area contributed by atoms with Crippen molar-refractivity contribution in [3.63, 3.8) is 0 Å². The van der Waals surface area contributed by atoms with Crippen molar-refractivity contribution < 1.29 is 13.5 Å². The minimum atomic E-state index is -0.801. The zero-order valence-electron chi connectivity index (χ0n) is 12.1. The Balaban J connectivity index is 2.59. The molecule has 0 bridgehead atoms. The van der Waals surface area contributed by atoms with E-state index in [4.69, 9.17) is 4.74 Å². The summed E-state index contributed by atoms with van der Waals surface area (Å²) in [6.07, 6.45) is 2.49. The number of methoxy groups -OCH3 is 1. The molecule has 1 aromatic carbocycles. The van der Waals surface area contributed by atoms with Crippen LogP contribution in [0.2, 0.25) is 0 Å². The Labute approximate surface area is 114 Å². The number of benzene rings is 1. The van der Waals surface area contributed by atoms with Gasteiger partial charge in [-0.2, -0.15) is 0 Å². The average molecular weight is 271 g/mol. The largest absolute Gasteiger partial charge is 0.379 e. The van der Waals surface area contributed by atoms with Crippen molar-refractivity contribution in [2.45, 2.75) is 44.8 Å². The molecule has 2 nitrogen and oxygen atoms in total. The highest BCUT2D eigenvalue weighted by Crippen LogP contribution is 2.19. The second-order valence-electron chi connectivity index (χ2n) is 5.44. The van der Waals surface area contributed by atoms with Crippen LogP contribution in [0.4, 0.5) is 8.78 Å². The Hall–Kier alpha value is -1.00. The van der Waals surface area contributed by atoms with Crippen LogP contribution < -0.4 is 5.32 Å². The van der Waals surface area contributed by atoms with Crippen molar-refractivity contribution in [2.75, 3.05) is 14.2 Å². The van der Waals surface area contributed by atoms with Crippen LogP contribution in [0.25, 0.3) is 0 Å². The molecule has 19 heavy (non-hydrogen) atoms. The third kappa shape index (κ3) is 5.25. The van der Waals surface area contributed by atoms with Crippen molar-refractivity contribution in [1.29, 1.82) is 0 Å². The molecule has 4 heteroatoms. The van der Waals surface area contributed by atoms with E-state index in [1.807, 2.05) is 20.9 Å². The Kier molecular flexibility index (Phi) is 5.88. The van der Waals surface area contributed by atoms with E-state index in [2.05, 4.69) is 5.32 Å². The molecule has 1 rings (SSSR count). The maximum absolute atomic E-state index is 13.1. The van der Waals surface area contributed by atoms with E-state index in [1.165, 1.54) is 12.1 Å². The van der Waals surface area contributed by atoms with Gasteiger partial charge >= 0.3 is 0 Å². The third-order valence-electron chi connectivity index (χ3n) is 3.52. The van der Waals surface area contributed by atoms with Gasteiger partial charge in [0.05, 0.1) is 5.60 Å². The molecule has 108 valence electrons. The van der Waals surface area contributed by atoms with Gasteiger partial charge in [-0.3, -0.25) is 0 Å². The SMILES string of the molecule is CNC(CCC(C)(C)OC)Cc1ccc(F)c(F)c1. The summed E-state index contributed by atoms with van der Waals surface area (Å²) in [6, 6.07) is 4.29. The minimum Gasteiger partial charge on any atom is -0.379 e. The smallest absolute Gasteiger partial charge is 0.159 e. The van der Waals surface area contributed by atoms with Gasteiger partial charge in [-0.15, -0.1) is 0 Å². The second-order valence-corrected chi connectivity index (χ2v) is 5.44. The normalized spacial score (nSPS) is 13.6. The molecule has 1 unspecified atom stereocenters. The zero-order chi connectivity index (χ0) is 14.5. The molecule has 0 aliphatic carbocycles. The molecule has 0 saturated heterocycles. The first-order chi connectivity index (χ1) is 8.88. The van der Waals surface area contributed by atoms with Gasteiger partial charge in [-0.05, 0) is 57.9 Å². The van der Waals surface area contributed by atoms with E-state index in [0.29, 0.717) is 6.42 Å². The fraction of sp³-hybridized carbons (Fsp3) is 0.600. The fourth-order valence-corrected chi connectivity index (χ4v) is 1.92. The number of hydrogen-bond donors (Lipinski definition) is 1. The molecule has 0 saturated carbocycles. The quantitative estimate of drug-likeness (QED) is 0.821. The Bertz CT molecular complexity index is 407. The second kappa shape index (κ2) is 6.96. The van der Waals surface area contributed by atoms with Gasteiger partial charge in [0, 0.05) is 13.2 Å². The summed E-state index contributed by atoms with van der Waals surface area (Å²) in [4.78, 5) is 0. The molecule has 0 fully saturated rings. The maximum atomic E-state index is 13.1. The summed E-state index contributed by atoms with van der Waals surface area (Å²) >= 11 is 0. The highest BCUT2D eigenvalue weighted by Gasteiger charge is 2.19. The number of likely N-dealkylation sites (N-methyl/N-ethyl adjacent to an activating group) is 1. The molecule has 0 aliphatic rings. The van der Waals surface area contributed by atoms with Crippen molar-refractivity contribution in [1.82, 2.24) is 5.32 Å². The predicted octanol–water partition coefficient (Wildman–Crippen LogP) is 3.30. The summed E-state index contributed by atoms with van der Waals surface area (Å²) in [7, 11) is 3.58. The molecule has 0 radical (unpaired) electrons. The molecule has 0 heterocycles. The lowest BCUT2D eigenvalue weighted by Gasteiger charge is -2.26.